The van der Waals surface area contributed by atoms with Gasteiger partial charge in [0.2, 0.25) is 0 Å². The van der Waals surface area contributed by atoms with Crippen LogP contribution in [0.25, 0.3) is 0 Å². The number of furan rings is 1. The standard InChI is InChI=1S/C13H13BrFNO/c1-8-3-6-13(17-8)9(2)16-10-4-5-11(14)12(15)7-10/h3-7,9,16H,1-2H3. The van der Waals surface area contributed by atoms with E-state index in [9.17, 15) is 4.39 Å². The summed E-state index contributed by atoms with van der Waals surface area (Å²) in [5.41, 5.74) is 0.729. The lowest BCUT2D eigenvalue weighted by Gasteiger charge is -2.13. The zero-order chi connectivity index (χ0) is 12.4. The van der Waals surface area contributed by atoms with E-state index in [4.69, 9.17) is 4.42 Å². The Morgan fingerprint density at radius 2 is 2.06 bits per heavy atom. The Morgan fingerprint density at radius 3 is 2.65 bits per heavy atom. The van der Waals surface area contributed by atoms with E-state index in [1.807, 2.05) is 32.0 Å². The summed E-state index contributed by atoms with van der Waals surface area (Å²) in [6, 6.07) is 8.79. The molecule has 0 aliphatic carbocycles. The van der Waals surface area contributed by atoms with Gasteiger partial charge in [-0.3, -0.25) is 0 Å². The van der Waals surface area contributed by atoms with Crippen LogP contribution in [0.4, 0.5) is 10.1 Å². The van der Waals surface area contributed by atoms with E-state index in [0.29, 0.717) is 4.47 Å². The molecule has 90 valence electrons. The molecule has 17 heavy (non-hydrogen) atoms. The number of halogens is 2. The van der Waals surface area contributed by atoms with Crippen LogP contribution in [-0.4, -0.2) is 0 Å². The lowest BCUT2D eigenvalue weighted by Crippen LogP contribution is -2.05. The van der Waals surface area contributed by atoms with Crippen LogP contribution in [0.15, 0.2) is 39.2 Å². The quantitative estimate of drug-likeness (QED) is 0.891. The summed E-state index contributed by atoms with van der Waals surface area (Å²) in [5.74, 6) is 1.43. The highest BCUT2D eigenvalue weighted by atomic mass is 79.9. The van der Waals surface area contributed by atoms with Gasteiger partial charge in [0.25, 0.3) is 0 Å². The van der Waals surface area contributed by atoms with Crippen molar-refractivity contribution in [3.63, 3.8) is 0 Å². The summed E-state index contributed by atoms with van der Waals surface area (Å²) in [6.45, 7) is 3.87. The Labute approximate surface area is 108 Å². The second-order valence-corrected chi connectivity index (χ2v) is 4.80. The number of hydrogen-bond acceptors (Lipinski definition) is 2. The molecule has 1 N–H and O–H groups in total. The molecule has 0 saturated heterocycles. The first kappa shape index (κ1) is 12.2. The zero-order valence-corrected chi connectivity index (χ0v) is 11.2. The van der Waals surface area contributed by atoms with Crippen LogP contribution in [0.1, 0.15) is 24.5 Å². The molecule has 0 aliphatic heterocycles. The van der Waals surface area contributed by atoms with Gasteiger partial charge in [-0.15, -0.1) is 0 Å². The van der Waals surface area contributed by atoms with Crippen molar-refractivity contribution in [2.45, 2.75) is 19.9 Å². The van der Waals surface area contributed by atoms with Crippen LogP contribution >= 0.6 is 15.9 Å². The first-order valence-electron chi connectivity index (χ1n) is 5.34. The highest BCUT2D eigenvalue weighted by Crippen LogP contribution is 2.24. The third-order valence-corrected chi connectivity index (χ3v) is 3.13. The topological polar surface area (TPSA) is 25.2 Å². The number of nitrogens with one attached hydrogen (secondary N) is 1. The molecule has 2 rings (SSSR count). The number of aryl methyl sites for hydroxylation is 1. The van der Waals surface area contributed by atoms with Gasteiger partial charge in [0.05, 0.1) is 10.5 Å². The Hall–Kier alpha value is -1.29. The minimum absolute atomic E-state index is 0.00396. The molecule has 1 unspecified atom stereocenters. The second kappa shape index (κ2) is 4.92. The Bertz CT molecular complexity index is 524. The molecule has 1 heterocycles. The molecule has 0 amide bonds. The van der Waals surface area contributed by atoms with Gasteiger partial charge in [0.15, 0.2) is 0 Å². The van der Waals surface area contributed by atoms with Gasteiger partial charge >= 0.3 is 0 Å². The number of benzene rings is 1. The second-order valence-electron chi connectivity index (χ2n) is 3.94. The van der Waals surface area contributed by atoms with Crippen molar-refractivity contribution >= 4 is 21.6 Å². The first-order chi connectivity index (χ1) is 8.06. The fourth-order valence-corrected chi connectivity index (χ4v) is 1.84. The third kappa shape index (κ3) is 2.88. The minimum atomic E-state index is -0.280. The molecular formula is C13H13BrFNO. The Balaban J connectivity index is 2.12. The molecule has 0 aliphatic rings. The number of hydrogen-bond donors (Lipinski definition) is 1. The van der Waals surface area contributed by atoms with Crippen LogP contribution in [0.3, 0.4) is 0 Å². The molecule has 0 bridgehead atoms. The molecule has 4 heteroatoms. The third-order valence-electron chi connectivity index (χ3n) is 2.49. The maximum Gasteiger partial charge on any atom is 0.139 e. The van der Waals surface area contributed by atoms with Crippen molar-refractivity contribution in [1.29, 1.82) is 0 Å². The average Bonchev–Trinajstić information content (AvgIpc) is 2.70. The van der Waals surface area contributed by atoms with Crippen LogP contribution < -0.4 is 5.32 Å². The number of rotatable bonds is 3. The largest absolute Gasteiger partial charge is 0.464 e. The van der Waals surface area contributed by atoms with Crippen molar-refractivity contribution in [3.8, 4) is 0 Å². The van der Waals surface area contributed by atoms with E-state index in [1.165, 1.54) is 6.07 Å². The minimum Gasteiger partial charge on any atom is -0.464 e. The molecule has 0 radical (unpaired) electrons. The van der Waals surface area contributed by atoms with Crippen molar-refractivity contribution in [1.82, 2.24) is 0 Å². The summed E-state index contributed by atoms with van der Waals surface area (Å²) in [7, 11) is 0. The summed E-state index contributed by atoms with van der Waals surface area (Å²) in [5, 5.41) is 3.18. The van der Waals surface area contributed by atoms with Crippen molar-refractivity contribution in [2.24, 2.45) is 0 Å². The molecule has 2 aromatic rings. The normalized spacial score (nSPS) is 12.5. The maximum atomic E-state index is 13.3. The zero-order valence-electron chi connectivity index (χ0n) is 9.63. The van der Waals surface area contributed by atoms with Gasteiger partial charge in [-0.05, 0) is 60.1 Å². The van der Waals surface area contributed by atoms with E-state index in [2.05, 4.69) is 21.2 Å². The van der Waals surface area contributed by atoms with E-state index >= 15 is 0 Å². The smallest absolute Gasteiger partial charge is 0.139 e. The molecule has 0 spiro atoms. The average molecular weight is 298 g/mol. The molecule has 1 aromatic heterocycles. The summed E-state index contributed by atoms with van der Waals surface area (Å²) >= 11 is 3.12. The van der Waals surface area contributed by atoms with Gasteiger partial charge < -0.3 is 9.73 Å². The lowest BCUT2D eigenvalue weighted by atomic mass is 10.2. The predicted octanol–water partition coefficient (Wildman–Crippen LogP) is 4.66. The Morgan fingerprint density at radius 1 is 1.29 bits per heavy atom. The predicted molar refractivity (Wildman–Crippen MR) is 69.6 cm³/mol. The van der Waals surface area contributed by atoms with E-state index in [0.717, 1.165) is 17.2 Å². The van der Waals surface area contributed by atoms with Crippen molar-refractivity contribution < 1.29 is 8.81 Å². The monoisotopic (exact) mass is 297 g/mol. The molecule has 1 atom stereocenters. The molecular weight excluding hydrogens is 285 g/mol. The summed E-state index contributed by atoms with van der Waals surface area (Å²) < 4.78 is 19.3. The maximum absolute atomic E-state index is 13.3. The molecule has 2 nitrogen and oxygen atoms in total. The Kier molecular flexibility index (Phi) is 3.52. The highest BCUT2D eigenvalue weighted by Gasteiger charge is 2.10. The summed E-state index contributed by atoms with van der Waals surface area (Å²) in [6.07, 6.45) is 0. The van der Waals surface area contributed by atoms with Gasteiger partial charge in [-0.25, -0.2) is 4.39 Å². The van der Waals surface area contributed by atoms with Gasteiger partial charge in [0, 0.05) is 5.69 Å². The molecule has 0 saturated carbocycles. The lowest BCUT2D eigenvalue weighted by molar-refractivity contribution is 0.467. The van der Waals surface area contributed by atoms with Gasteiger partial charge in [0.1, 0.15) is 17.3 Å². The highest BCUT2D eigenvalue weighted by molar-refractivity contribution is 9.10. The van der Waals surface area contributed by atoms with Gasteiger partial charge in [-0.2, -0.15) is 0 Å². The van der Waals surface area contributed by atoms with Crippen molar-refractivity contribution in [2.75, 3.05) is 5.32 Å². The van der Waals surface area contributed by atoms with E-state index < -0.39 is 0 Å². The van der Waals surface area contributed by atoms with Crippen LogP contribution in [0.5, 0.6) is 0 Å². The van der Waals surface area contributed by atoms with Crippen LogP contribution in [-0.2, 0) is 0 Å². The molecule has 1 aromatic carbocycles. The number of anilines is 1. The fraction of sp³-hybridized carbons (Fsp3) is 0.231. The summed E-state index contributed by atoms with van der Waals surface area (Å²) in [4.78, 5) is 0. The SMILES string of the molecule is Cc1ccc(C(C)Nc2ccc(Br)c(F)c2)o1. The van der Waals surface area contributed by atoms with E-state index in [1.54, 1.807) is 6.07 Å². The van der Waals surface area contributed by atoms with Crippen LogP contribution in [0, 0.1) is 12.7 Å². The van der Waals surface area contributed by atoms with E-state index in [-0.39, 0.29) is 11.9 Å². The first-order valence-corrected chi connectivity index (χ1v) is 6.13. The molecule has 0 fully saturated rings. The fourth-order valence-electron chi connectivity index (χ4n) is 1.59. The van der Waals surface area contributed by atoms with Gasteiger partial charge in [-0.1, -0.05) is 0 Å². The van der Waals surface area contributed by atoms with Crippen LogP contribution in [0.2, 0.25) is 0 Å². The van der Waals surface area contributed by atoms with Crippen molar-refractivity contribution in [3.05, 3.63) is 52.1 Å².